The monoisotopic (exact) mass is 485 g/mol. The second kappa shape index (κ2) is 11.5. The summed E-state index contributed by atoms with van der Waals surface area (Å²) < 4.78 is 48.4. The molecular formula is C20H24FN3O6S2. The van der Waals surface area contributed by atoms with Crippen molar-refractivity contribution in [3.05, 3.63) is 41.2 Å². The Kier molecular flexibility index (Phi) is 8.67. The van der Waals surface area contributed by atoms with E-state index < -0.39 is 20.9 Å². The van der Waals surface area contributed by atoms with Gasteiger partial charge in [-0.1, -0.05) is 28.6 Å². The standard InChI is InChI=1S/C20H24FN3O6S2/c1-28-9-2-3-11-32(26,27)16-6-4-14(5-7-16)18(24-30-15-8-10-29-13-15)19(25)23-20-22-12-17(21)31-20/h4-7,12,15H,2-3,8-11,13H2,1H3,(H,22,23,25)/t15-/m1/s1. The van der Waals surface area contributed by atoms with E-state index in [-0.39, 0.29) is 27.6 Å². The molecule has 1 atom stereocenters. The van der Waals surface area contributed by atoms with Gasteiger partial charge in [-0.25, -0.2) is 13.4 Å². The van der Waals surface area contributed by atoms with E-state index >= 15 is 0 Å². The predicted molar refractivity (Wildman–Crippen MR) is 117 cm³/mol. The van der Waals surface area contributed by atoms with Crippen LogP contribution in [0.3, 0.4) is 0 Å². The molecule has 1 N–H and O–H groups in total. The van der Waals surface area contributed by atoms with Gasteiger partial charge in [-0.05, 0) is 25.0 Å². The predicted octanol–water partition coefficient (Wildman–Crippen LogP) is 2.63. The fraction of sp³-hybridized carbons (Fsp3) is 0.450. The number of hydrogen-bond acceptors (Lipinski definition) is 9. The van der Waals surface area contributed by atoms with E-state index in [9.17, 15) is 17.6 Å². The van der Waals surface area contributed by atoms with Crippen LogP contribution in [0.4, 0.5) is 9.52 Å². The Morgan fingerprint density at radius 1 is 1.34 bits per heavy atom. The average molecular weight is 486 g/mol. The number of hydrogen-bond donors (Lipinski definition) is 1. The summed E-state index contributed by atoms with van der Waals surface area (Å²) >= 11 is 0.675. The van der Waals surface area contributed by atoms with Gasteiger partial charge in [0.15, 0.2) is 31.9 Å². The summed E-state index contributed by atoms with van der Waals surface area (Å²) in [5, 5.41) is 5.99. The van der Waals surface area contributed by atoms with Crippen molar-refractivity contribution in [2.75, 3.05) is 38.0 Å². The third kappa shape index (κ3) is 6.79. The highest BCUT2D eigenvalue weighted by Gasteiger charge is 2.22. The number of carbonyl (C=O) groups excluding carboxylic acids is 1. The first-order valence-corrected chi connectivity index (χ1v) is 12.4. The van der Waals surface area contributed by atoms with Crippen molar-refractivity contribution < 1.29 is 31.9 Å². The Morgan fingerprint density at radius 2 is 2.12 bits per heavy atom. The molecule has 0 radical (unpaired) electrons. The molecule has 1 aliphatic heterocycles. The molecule has 2 heterocycles. The molecule has 1 fully saturated rings. The summed E-state index contributed by atoms with van der Waals surface area (Å²) in [6.07, 6.45) is 2.47. The van der Waals surface area contributed by atoms with E-state index in [1.54, 1.807) is 7.11 Å². The first-order valence-electron chi connectivity index (χ1n) is 9.95. The van der Waals surface area contributed by atoms with Crippen LogP contribution in [0.5, 0.6) is 0 Å². The first kappa shape index (κ1) is 24.2. The second-order valence-corrected chi connectivity index (χ2v) is 10.1. The van der Waals surface area contributed by atoms with Gasteiger partial charge >= 0.3 is 0 Å². The van der Waals surface area contributed by atoms with E-state index in [0.717, 1.165) is 6.20 Å². The minimum Gasteiger partial charge on any atom is -0.389 e. The number of halogens is 1. The van der Waals surface area contributed by atoms with Crippen molar-refractivity contribution in [3.63, 3.8) is 0 Å². The summed E-state index contributed by atoms with van der Waals surface area (Å²) in [7, 11) is -1.90. The number of methoxy groups -OCH3 is 1. The van der Waals surface area contributed by atoms with Crippen LogP contribution < -0.4 is 5.32 Å². The quantitative estimate of drug-likeness (QED) is 0.295. The van der Waals surface area contributed by atoms with Crippen molar-refractivity contribution in [2.24, 2.45) is 5.16 Å². The molecule has 0 bridgehead atoms. The number of aromatic nitrogens is 1. The van der Waals surface area contributed by atoms with Crippen LogP contribution in [0, 0.1) is 5.13 Å². The number of benzene rings is 1. The van der Waals surface area contributed by atoms with E-state index in [0.29, 0.717) is 56.0 Å². The lowest BCUT2D eigenvalue weighted by Crippen LogP contribution is -2.25. The number of unbranched alkanes of at least 4 members (excludes halogenated alkanes) is 1. The zero-order chi connectivity index (χ0) is 23.0. The van der Waals surface area contributed by atoms with Gasteiger partial charge in [0.2, 0.25) is 0 Å². The van der Waals surface area contributed by atoms with Gasteiger partial charge < -0.3 is 14.3 Å². The number of nitrogens with zero attached hydrogens (tertiary/aromatic N) is 2. The third-order valence-electron chi connectivity index (χ3n) is 4.59. The maximum Gasteiger partial charge on any atom is 0.280 e. The zero-order valence-corrected chi connectivity index (χ0v) is 19.1. The fourth-order valence-corrected chi connectivity index (χ4v) is 4.80. The van der Waals surface area contributed by atoms with Gasteiger partial charge in [0.25, 0.3) is 5.91 Å². The van der Waals surface area contributed by atoms with Crippen molar-refractivity contribution in [1.82, 2.24) is 4.98 Å². The summed E-state index contributed by atoms with van der Waals surface area (Å²) in [6.45, 7) is 1.39. The normalized spacial score (nSPS) is 16.8. The van der Waals surface area contributed by atoms with Crippen LogP contribution in [0.15, 0.2) is 40.5 Å². The lowest BCUT2D eigenvalue weighted by atomic mass is 10.1. The first-order chi connectivity index (χ1) is 15.4. The molecule has 32 heavy (non-hydrogen) atoms. The second-order valence-electron chi connectivity index (χ2n) is 7.00. The summed E-state index contributed by atoms with van der Waals surface area (Å²) in [5.41, 5.74) is 0.258. The molecule has 2 aromatic rings. The summed E-state index contributed by atoms with van der Waals surface area (Å²) in [5.74, 6) is -0.661. The smallest absolute Gasteiger partial charge is 0.280 e. The van der Waals surface area contributed by atoms with Gasteiger partial charge in [0, 0.05) is 25.7 Å². The van der Waals surface area contributed by atoms with Gasteiger partial charge in [0.1, 0.15) is 0 Å². The summed E-state index contributed by atoms with van der Waals surface area (Å²) in [4.78, 5) is 22.1. The van der Waals surface area contributed by atoms with Crippen molar-refractivity contribution in [1.29, 1.82) is 0 Å². The molecule has 0 aliphatic carbocycles. The number of ether oxygens (including phenoxy) is 2. The molecule has 0 unspecified atom stereocenters. The van der Waals surface area contributed by atoms with Gasteiger partial charge in [-0.3, -0.25) is 10.1 Å². The molecule has 12 heteroatoms. The van der Waals surface area contributed by atoms with Crippen molar-refractivity contribution >= 4 is 37.9 Å². The van der Waals surface area contributed by atoms with Crippen LogP contribution in [-0.4, -0.2) is 63.8 Å². The molecular weight excluding hydrogens is 461 g/mol. The van der Waals surface area contributed by atoms with E-state index in [4.69, 9.17) is 14.3 Å². The van der Waals surface area contributed by atoms with Crippen molar-refractivity contribution in [3.8, 4) is 0 Å². The van der Waals surface area contributed by atoms with Crippen molar-refractivity contribution in [2.45, 2.75) is 30.3 Å². The highest BCUT2D eigenvalue weighted by molar-refractivity contribution is 7.91. The molecule has 1 aliphatic rings. The lowest BCUT2D eigenvalue weighted by molar-refractivity contribution is -0.110. The lowest BCUT2D eigenvalue weighted by Gasteiger charge is -2.10. The van der Waals surface area contributed by atoms with Gasteiger partial charge in [0.05, 0.1) is 30.1 Å². The molecule has 0 spiro atoms. The van der Waals surface area contributed by atoms with Crippen LogP contribution in [0.1, 0.15) is 24.8 Å². The van der Waals surface area contributed by atoms with E-state index in [1.807, 2.05) is 0 Å². The van der Waals surface area contributed by atoms with Crippen LogP contribution >= 0.6 is 11.3 Å². The van der Waals surface area contributed by atoms with Crippen LogP contribution in [0.2, 0.25) is 0 Å². The minimum absolute atomic E-state index is 0.00244. The molecule has 1 aromatic heterocycles. The Balaban J connectivity index is 1.77. The number of sulfone groups is 1. The van der Waals surface area contributed by atoms with E-state index in [1.165, 1.54) is 24.3 Å². The summed E-state index contributed by atoms with van der Waals surface area (Å²) in [6, 6.07) is 5.81. The number of oxime groups is 1. The Bertz CT molecular complexity index is 1030. The van der Waals surface area contributed by atoms with Gasteiger partial charge in [-0.2, -0.15) is 4.39 Å². The molecule has 174 valence electrons. The number of thiazole rings is 1. The number of nitrogens with one attached hydrogen (secondary N) is 1. The number of rotatable bonds is 11. The third-order valence-corrected chi connectivity index (χ3v) is 7.11. The SMILES string of the molecule is COCCCCS(=O)(=O)c1ccc(C(=NO[C@@H]2CCOC2)C(=O)Nc2ncc(F)s2)cc1. The minimum atomic E-state index is -3.47. The number of carbonyl (C=O) groups is 1. The molecule has 1 aromatic carbocycles. The molecule has 3 rings (SSSR count). The van der Waals surface area contributed by atoms with E-state index in [2.05, 4.69) is 15.5 Å². The fourth-order valence-electron chi connectivity index (χ4n) is 2.89. The number of anilines is 1. The Hall–Kier alpha value is -2.41. The zero-order valence-electron chi connectivity index (χ0n) is 17.5. The van der Waals surface area contributed by atoms with Crippen LogP contribution in [0.25, 0.3) is 0 Å². The highest BCUT2D eigenvalue weighted by Crippen LogP contribution is 2.19. The molecule has 9 nitrogen and oxygen atoms in total. The largest absolute Gasteiger partial charge is 0.389 e. The average Bonchev–Trinajstić information content (AvgIpc) is 3.43. The highest BCUT2D eigenvalue weighted by atomic mass is 32.2. The van der Waals surface area contributed by atoms with Gasteiger partial charge in [-0.15, -0.1) is 0 Å². The maximum absolute atomic E-state index is 13.2. The maximum atomic E-state index is 13.2. The topological polar surface area (TPSA) is 116 Å². The number of amides is 1. The Morgan fingerprint density at radius 3 is 2.75 bits per heavy atom. The molecule has 0 saturated carbocycles. The Labute approximate surface area is 189 Å². The van der Waals surface area contributed by atoms with Crippen LogP contribution in [-0.2, 0) is 28.9 Å². The molecule has 1 saturated heterocycles. The molecule has 1 amide bonds.